The highest BCUT2D eigenvalue weighted by Gasteiger charge is 2.50. The van der Waals surface area contributed by atoms with E-state index in [2.05, 4.69) is 10.1 Å². The zero-order valence-electron chi connectivity index (χ0n) is 17.0. The molecule has 2 aromatic carbocycles. The summed E-state index contributed by atoms with van der Waals surface area (Å²) in [6, 6.07) is 18.8. The molecule has 0 atom stereocenters. The monoisotopic (exact) mass is 451 g/mol. The maximum Gasteiger partial charge on any atom is 0.360 e. The van der Waals surface area contributed by atoms with Gasteiger partial charge in [0.1, 0.15) is 5.69 Å². The number of carbonyl (C=O) groups is 2. The third-order valence-electron chi connectivity index (χ3n) is 5.24. The van der Waals surface area contributed by atoms with E-state index in [1.165, 1.54) is 5.38 Å². The van der Waals surface area contributed by atoms with Crippen LogP contribution in [0, 0.1) is 0 Å². The Morgan fingerprint density at radius 1 is 1.06 bits per heavy atom. The molecule has 0 saturated heterocycles. The number of nitrogen functional groups attached to an aromatic ring is 1. The van der Waals surface area contributed by atoms with Crippen molar-refractivity contribution in [3.63, 3.8) is 0 Å². The SMILES string of the molecule is Nc1nc(C(=NOC2(C(=O)OC(c3ccccc3)c3ccccc3)CCC2)C(=O)O)cs1. The van der Waals surface area contributed by atoms with Gasteiger partial charge in [-0.2, -0.15) is 0 Å². The van der Waals surface area contributed by atoms with E-state index in [9.17, 15) is 14.7 Å². The Bertz CT molecular complexity index is 1090. The number of carboxylic acids is 1. The number of ether oxygens (including phenoxy) is 1. The van der Waals surface area contributed by atoms with Gasteiger partial charge in [-0.1, -0.05) is 65.8 Å². The quantitative estimate of drug-likeness (QED) is 0.303. The van der Waals surface area contributed by atoms with Crippen LogP contribution in [0.1, 0.15) is 42.2 Å². The molecule has 3 aromatic rings. The number of rotatable bonds is 8. The molecule has 1 heterocycles. The first-order valence-corrected chi connectivity index (χ1v) is 10.9. The van der Waals surface area contributed by atoms with Gasteiger partial charge in [0.2, 0.25) is 11.3 Å². The number of thiazole rings is 1. The number of anilines is 1. The van der Waals surface area contributed by atoms with Gasteiger partial charge in [-0.25, -0.2) is 14.6 Å². The molecule has 1 aromatic heterocycles. The van der Waals surface area contributed by atoms with E-state index >= 15 is 0 Å². The van der Waals surface area contributed by atoms with Gasteiger partial charge in [0.15, 0.2) is 11.2 Å². The summed E-state index contributed by atoms with van der Waals surface area (Å²) in [5.41, 5.74) is 5.54. The number of esters is 1. The fraction of sp³-hybridized carbons (Fsp3) is 0.217. The first-order chi connectivity index (χ1) is 15.5. The molecular formula is C23H21N3O5S. The lowest BCUT2D eigenvalue weighted by atomic mass is 9.80. The fourth-order valence-electron chi connectivity index (χ4n) is 3.35. The molecule has 0 amide bonds. The van der Waals surface area contributed by atoms with Crippen LogP contribution in [-0.2, 0) is 19.2 Å². The second kappa shape index (κ2) is 9.19. The summed E-state index contributed by atoms with van der Waals surface area (Å²) in [5.74, 6) is -1.92. The largest absolute Gasteiger partial charge is 0.476 e. The number of benzene rings is 2. The second-order valence-electron chi connectivity index (χ2n) is 7.36. The van der Waals surface area contributed by atoms with Gasteiger partial charge in [-0.15, -0.1) is 11.3 Å². The average Bonchev–Trinajstić information content (AvgIpc) is 3.20. The summed E-state index contributed by atoms with van der Waals surface area (Å²) in [6.45, 7) is 0. The maximum atomic E-state index is 13.2. The van der Waals surface area contributed by atoms with Gasteiger partial charge in [-0.3, -0.25) is 0 Å². The highest BCUT2D eigenvalue weighted by atomic mass is 32.1. The predicted molar refractivity (Wildman–Crippen MR) is 119 cm³/mol. The van der Waals surface area contributed by atoms with Crippen LogP contribution in [0.3, 0.4) is 0 Å². The molecule has 9 heteroatoms. The topological polar surface area (TPSA) is 124 Å². The molecule has 0 bridgehead atoms. The van der Waals surface area contributed by atoms with E-state index in [1.54, 1.807) is 0 Å². The molecule has 1 saturated carbocycles. The Balaban J connectivity index is 1.59. The zero-order valence-corrected chi connectivity index (χ0v) is 17.8. The Labute approximate surface area is 188 Å². The first kappa shape index (κ1) is 21.5. The van der Waals surface area contributed by atoms with Gasteiger partial charge in [-0.05, 0) is 17.5 Å². The van der Waals surface area contributed by atoms with Gasteiger partial charge >= 0.3 is 11.9 Å². The van der Waals surface area contributed by atoms with Crippen molar-refractivity contribution in [2.24, 2.45) is 5.16 Å². The highest BCUT2D eigenvalue weighted by molar-refractivity contribution is 7.13. The summed E-state index contributed by atoms with van der Waals surface area (Å²) in [6.07, 6.45) is 0.847. The molecule has 32 heavy (non-hydrogen) atoms. The van der Waals surface area contributed by atoms with Crippen LogP contribution in [0.5, 0.6) is 0 Å². The number of nitrogens with two attached hydrogens (primary N) is 1. The van der Waals surface area contributed by atoms with Crippen molar-refractivity contribution in [2.75, 3.05) is 5.73 Å². The number of oxime groups is 1. The number of aliphatic carboxylic acids is 1. The van der Waals surface area contributed by atoms with Crippen molar-refractivity contribution < 1.29 is 24.3 Å². The van der Waals surface area contributed by atoms with Crippen molar-refractivity contribution in [3.8, 4) is 0 Å². The molecule has 1 aliphatic carbocycles. The summed E-state index contributed by atoms with van der Waals surface area (Å²) in [7, 11) is 0. The third kappa shape index (κ3) is 4.47. The number of aromatic nitrogens is 1. The second-order valence-corrected chi connectivity index (χ2v) is 8.25. The van der Waals surface area contributed by atoms with Crippen LogP contribution in [0.2, 0.25) is 0 Å². The van der Waals surface area contributed by atoms with Gasteiger partial charge in [0.25, 0.3) is 0 Å². The van der Waals surface area contributed by atoms with Crippen molar-refractivity contribution in [2.45, 2.75) is 31.0 Å². The minimum Gasteiger partial charge on any atom is -0.476 e. The van der Waals surface area contributed by atoms with Crippen molar-refractivity contribution >= 4 is 34.1 Å². The molecule has 1 aliphatic rings. The number of hydrogen-bond donors (Lipinski definition) is 2. The van der Waals surface area contributed by atoms with Crippen LogP contribution in [0.4, 0.5) is 5.13 Å². The number of carboxylic acid groups (broad SMARTS) is 1. The van der Waals surface area contributed by atoms with Gasteiger partial charge in [0, 0.05) is 18.2 Å². The normalized spacial score (nSPS) is 15.1. The molecule has 3 N–H and O–H groups in total. The molecule has 0 spiro atoms. The predicted octanol–water partition coefficient (Wildman–Crippen LogP) is 3.79. The summed E-state index contributed by atoms with van der Waals surface area (Å²) in [5, 5.41) is 15.0. The van der Waals surface area contributed by atoms with Crippen molar-refractivity contribution in [3.05, 3.63) is 82.9 Å². The van der Waals surface area contributed by atoms with Crippen molar-refractivity contribution in [1.29, 1.82) is 0 Å². The van der Waals surface area contributed by atoms with E-state index in [0.717, 1.165) is 28.9 Å². The molecule has 4 rings (SSSR count). The number of hydrogen-bond acceptors (Lipinski definition) is 8. The highest BCUT2D eigenvalue weighted by Crippen LogP contribution is 2.39. The lowest BCUT2D eigenvalue weighted by Gasteiger charge is -2.37. The van der Waals surface area contributed by atoms with Crippen LogP contribution in [0.15, 0.2) is 71.2 Å². The minimum absolute atomic E-state index is 0.0780. The molecule has 0 unspecified atom stereocenters. The number of nitrogens with zero attached hydrogens (tertiary/aromatic N) is 2. The molecule has 8 nitrogen and oxygen atoms in total. The minimum atomic E-state index is -1.34. The average molecular weight is 452 g/mol. The molecule has 0 aliphatic heterocycles. The Kier molecular flexibility index (Phi) is 6.18. The van der Waals surface area contributed by atoms with E-state index < -0.39 is 29.4 Å². The molecule has 164 valence electrons. The number of carbonyl (C=O) groups excluding carboxylic acids is 1. The molecule has 0 radical (unpaired) electrons. The summed E-state index contributed by atoms with van der Waals surface area (Å²) < 4.78 is 5.92. The van der Waals surface area contributed by atoms with Gasteiger partial charge < -0.3 is 20.4 Å². The van der Waals surface area contributed by atoms with Crippen LogP contribution in [0.25, 0.3) is 0 Å². The van der Waals surface area contributed by atoms with E-state index in [0.29, 0.717) is 12.8 Å². The molecule has 1 fully saturated rings. The van der Waals surface area contributed by atoms with Crippen molar-refractivity contribution in [1.82, 2.24) is 4.98 Å². The smallest absolute Gasteiger partial charge is 0.360 e. The Hall–Kier alpha value is -3.72. The van der Waals surface area contributed by atoms with Crippen LogP contribution < -0.4 is 5.73 Å². The van der Waals surface area contributed by atoms with Crippen LogP contribution >= 0.6 is 11.3 Å². The van der Waals surface area contributed by atoms with Crippen LogP contribution in [-0.4, -0.2) is 33.3 Å². The lowest BCUT2D eigenvalue weighted by molar-refractivity contribution is -0.189. The summed E-state index contributed by atoms with van der Waals surface area (Å²) in [4.78, 5) is 34.4. The fourth-order valence-corrected chi connectivity index (χ4v) is 3.90. The Morgan fingerprint density at radius 2 is 1.66 bits per heavy atom. The maximum absolute atomic E-state index is 13.2. The van der Waals surface area contributed by atoms with E-state index in [1.807, 2.05) is 60.7 Å². The molecular weight excluding hydrogens is 430 g/mol. The Morgan fingerprint density at radius 3 is 2.09 bits per heavy atom. The van der Waals surface area contributed by atoms with E-state index in [-0.39, 0.29) is 10.8 Å². The third-order valence-corrected chi connectivity index (χ3v) is 5.92. The summed E-state index contributed by atoms with van der Waals surface area (Å²) >= 11 is 1.09. The standard InChI is InChI=1S/C23H21N3O5S/c24-22-25-17(14-32-22)18(20(27)28)26-31-23(12-7-13-23)21(29)30-19(15-8-3-1-4-9-15)16-10-5-2-6-11-16/h1-6,8-11,14,19H,7,12-13H2,(H2,24,25)(H,27,28). The lowest BCUT2D eigenvalue weighted by Crippen LogP contribution is -2.48. The zero-order chi connectivity index (χ0) is 22.6. The first-order valence-electron chi connectivity index (χ1n) is 10.0. The van der Waals surface area contributed by atoms with E-state index in [4.69, 9.17) is 15.3 Å². The van der Waals surface area contributed by atoms with Gasteiger partial charge in [0.05, 0.1) is 0 Å².